The van der Waals surface area contributed by atoms with E-state index in [4.69, 9.17) is 9.90 Å². The first kappa shape index (κ1) is 26.2. The zero-order valence-electron chi connectivity index (χ0n) is 19.1. The van der Waals surface area contributed by atoms with Gasteiger partial charge in [0.2, 0.25) is 0 Å². The molecule has 3 aromatic rings. The van der Waals surface area contributed by atoms with Crippen LogP contribution in [0.25, 0.3) is 21.9 Å². The number of nitrogens with one attached hydrogen (secondary N) is 2. The van der Waals surface area contributed by atoms with Crippen LogP contribution in [0, 0.1) is 5.92 Å². The van der Waals surface area contributed by atoms with Crippen molar-refractivity contribution in [1.29, 1.82) is 0 Å². The van der Waals surface area contributed by atoms with Gasteiger partial charge in [0.15, 0.2) is 0 Å². The minimum Gasteiger partial charge on any atom is -0.475 e. The molecule has 0 unspecified atom stereocenters. The maximum atomic E-state index is 10.6. The molecular formula is C23H29BrF3N5O2. The van der Waals surface area contributed by atoms with Crippen molar-refractivity contribution in [2.45, 2.75) is 51.7 Å². The predicted molar refractivity (Wildman–Crippen MR) is 130 cm³/mol. The monoisotopic (exact) mass is 543 g/mol. The molecule has 0 aliphatic carbocycles. The Morgan fingerprint density at radius 2 is 1.97 bits per heavy atom. The number of piperidine rings is 1. The van der Waals surface area contributed by atoms with Gasteiger partial charge in [-0.15, -0.1) is 0 Å². The average Bonchev–Trinajstić information content (AvgIpc) is 3.13. The number of carboxylic acid groups (broad SMARTS) is 1. The number of carbonyl (C=O) groups is 1. The van der Waals surface area contributed by atoms with Gasteiger partial charge < -0.3 is 20.3 Å². The van der Waals surface area contributed by atoms with E-state index in [-0.39, 0.29) is 0 Å². The molecule has 11 heteroatoms. The highest BCUT2D eigenvalue weighted by Crippen LogP contribution is 2.31. The lowest BCUT2D eigenvalue weighted by Crippen LogP contribution is -2.39. The second kappa shape index (κ2) is 11.4. The molecule has 34 heavy (non-hydrogen) atoms. The van der Waals surface area contributed by atoms with Gasteiger partial charge in [0.25, 0.3) is 0 Å². The average molecular weight is 544 g/mol. The Bertz CT molecular complexity index is 1110. The lowest BCUT2D eigenvalue weighted by atomic mass is 10.0. The van der Waals surface area contributed by atoms with Crippen LogP contribution in [0.1, 0.15) is 39.5 Å². The molecule has 0 atom stereocenters. The molecule has 1 aliphatic heterocycles. The highest BCUT2D eigenvalue weighted by Gasteiger charge is 2.38. The Kier molecular flexibility index (Phi) is 8.75. The molecule has 7 nitrogen and oxygen atoms in total. The van der Waals surface area contributed by atoms with E-state index in [0.717, 1.165) is 38.1 Å². The molecule has 1 fully saturated rings. The van der Waals surface area contributed by atoms with Crippen molar-refractivity contribution in [2.75, 3.05) is 25.0 Å². The number of H-pyrrole nitrogens is 1. The summed E-state index contributed by atoms with van der Waals surface area (Å²) >= 11 is 3.58. The molecule has 0 bridgehead atoms. The number of benzene rings is 1. The Morgan fingerprint density at radius 3 is 2.59 bits per heavy atom. The van der Waals surface area contributed by atoms with Gasteiger partial charge >= 0.3 is 12.1 Å². The SMILES string of the molecule is CC(C)CCCN1CCC(Nc2ncnc3[nH]c4ccc(Br)cc4c23)CC1.O=C(O)C(F)(F)F. The van der Waals surface area contributed by atoms with E-state index in [1.54, 1.807) is 6.33 Å². The van der Waals surface area contributed by atoms with Crippen LogP contribution in [0.15, 0.2) is 29.0 Å². The number of likely N-dealkylation sites (tertiary alicyclic amines) is 1. The fourth-order valence-electron chi connectivity index (χ4n) is 4.02. The molecule has 3 heterocycles. The smallest absolute Gasteiger partial charge is 0.475 e. The summed E-state index contributed by atoms with van der Waals surface area (Å²) in [4.78, 5) is 23.9. The molecule has 2 aromatic heterocycles. The number of fused-ring (bicyclic) bond motifs is 3. The van der Waals surface area contributed by atoms with Crippen LogP contribution >= 0.6 is 15.9 Å². The maximum absolute atomic E-state index is 10.6. The molecule has 3 N–H and O–H groups in total. The fraction of sp³-hybridized carbons (Fsp3) is 0.522. The van der Waals surface area contributed by atoms with E-state index >= 15 is 0 Å². The van der Waals surface area contributed by atoms with Gasteiger partial charge in [-0.1, -0.05) is 29.8 Å². The van der Waals surface area contributed by atoms with Crippen molar-refractivity contribution < 1.29 is 23.1 Å². The van der Waals surface area contributed by atoms with Crippen molar-refractivity contribution in [3.8, 4) is 0 Å². The molecule has 186 valence electrons. The molecule has 1 aromatic carbocycles. The van der Waals surface area contributed by atoms with E-state index in [2.05, 4.69) is 67.1 Å². The summed E-state index contributed by atoms with van der Waals surface area (Å²) in [5.41, 5.74) is 1.99. The number of carboxylic acids is 1. The third-order valence-corrected chi connectivity index (χ3v) is 6.27. The van der Waals surface area contributed by atoms with Crippen LogP contribution in [-0.4, -0.2) is 62.8 Å². The third-order valence-electron chi connectivity index (χ3n) is 5.78. The largest absolute Gasteiger partial charge is 0.490 e. The number of hydrogen-bond donors (Lipinski definition) is 3. The van der Waals surface area contributed by atoms with E-state index in [9.17, 15) is 13.2 Å². The van der Waals surface area contributed by atoms with E-state index in [0.29, 0.717) is 6.04 Å². The Morgan fingerprint density at radius 1 is 1.29 bits per heavy atom. The normalized spacial score (nSPS) is 15.5. The van der Waals surface area contributed by atoms with Crippen molar-refractivity contribution in [3.05, 3.63) is 29.0 Å². The zero-order chi connectivity index (χ0) is 24.9. The number of aromatic nitrogens is 3. The van der Waals surface area contributed by atoms with Crippen LogP contribution in [0.4, 0.5) is 19.0 Å². The first-order chi connectivity index (χ1) is 16.0. The van der Waals surface area contributed by atoms with Crippen LogP contribution in [0.5, 0.6) is 0 Å². The second-order valence-corrected chi connectivity index (χ2v) is 9.78. The van der Waals surface area contributed by atoms with E-state index in [1.165, 1.54) is 45.3 Å². The first-order valence-corrected chi connectivity index (χ1v) is 12.0. The van der Waals surface area contributed by atoms with Crippen LogP contribution in [-0.2, 0) is 4.79 Å². The van der Waals surface area contributed by atoms with Crippen molar-refractivity contribution in [2.24, 2.45) is 5.92 Å². The predicted octanol–water partition coefficient (Wildman–Crippen LogP) is 5.82. The van der Waals surface area contributed by atoms with Crippen LogP contribution in [0.2, 0.25) is 0 Å². The Labute approximate surface area is 204 Å². The van der Waals surface area contributed by atoms with E-state index < -0.39 is 12.1 Å². The number of nitrogens with zero attached hydrogens (tertiary/aromatic N) is 3. The molecule has 4 rings (SSSR count). The summed E-state index contributed by atoms with van der Waals surface area (Å²) in [6, 6.07) is 6.75. The Balaban J connectivity index is 0.000000406. The minimum absolute atomic E-state index is 0.474. The van der Waals surface area contributed by atoms with Gasteiger partial charge in [-0.2, -0.15) is 13.2 Å². The van der Waals surface area contributed by atoms with Crippen molar-refractivity contribution in [3.63, 3.8) is 0 Å². The minimum atomic E-state index is -5.08. The summed E-state index contributed by atoms with van der Waals surface area (Å²) in [5.74, 6) is -1.00. The van der Waals surface area contributed by atoms with Gasteiger partial charge in [-0.05, 0) is 56.3 Å². The molecule has 0 amide bonds. The van der Waals surface area contributed by atoms with Gasteiger partial charge in [0, 0.05) is 34.5 Å². The molecule has 0 radical (unpaired) electrons. The molecule has 1 saturated heterocycles. The highest BCUT2D eigenvalue weighted by molar-refractivity contribution is 9.10. The number of halogens is 4. The lowest BCUT2D eigenvalue weighted by Gasteiger charge is -2.32. The number of aliphatic carboxylic acids is 1. The summed E-state index contributed by atoms with van der Waals surface area (Å²) in [5, 5.41) is 13.1. The molecular weight excluding hydrogens is 515 g/mol. The fourth-order valence-corrected chi connectivity index (χ4v) is 4.38. The highest BCUT2D eigenvalue weighted by atomic mass is 79.9. The van der Waals surface area contributed by atoms with Crippen LogP contribution < -0.4 is 5.32 Å². The molecule has 0 spiro atoms. The summed E-state index contributed by atoms with van der Waals surface area (Å²) < 4.78 is 32.8. The van der Waals surface area contributed by atoms with Crippen molar-refractivity contribution in [1.82, 2.24) is 19.9 Å². The summed E-state index contributed by atoms with van der Waals surface area (Å²) in [6.07, 6.45) is 1.54. The van der Waals surface area contributed by atoms with Gasteiger partial charge in [-0.3, -0.25) is 0 Å². The molecule has 1 aliphatic rings. The maximum Gasteiger partial charge on any atom is 0.490 e. The summed E-state index contributed by atoms with van der Waals surface area (Å²) in [7, 11) is 0. The van der Waals surface area contributed by atoms with Gasteiger partial charge in [-0.25, -0.2) is 14.8 Å². The third kappa shape index (κ3) is 7.05. The standard InChI is InChI=1S/C21H28BrN5.C2HF3O2/c1-14(2)4-3-9-27-10-7-16(8-11-27)25-20-19-17-12-15(22)5-6-18(17)26-21(19)24-13-23-20;3-2(4,5)1(6)7/h5-6,12-14,16H,3-4,7-11H2,1-2H3,(H2,23,24,25,26);(H,6,7). The number of hydrogen-bond acceptors (Lipinski definition) is 5. The van der Waals surface area contributed by atoms with E-state index in [1.807, 2.05) is 6.07 Å². The Hall–Kier alpha value is -2.40. The van der Waals surface area contributed by atoms with Gasteiger partial charge in [0.05, 0.1) is 5.39 Å². The molecule has 0 saturated carbocycles. The topological polar surface area (TPSA) is 94.1 Å². The van der Waals surface area contributed by atoms with Gasteiger partial charge in [0.1, 0.15) is 17.8 Å². The second-order valence-electron chi connectivity index (χ2n) is 8.86. The summed E-state index contributed by atoms with van der Waals surface area (Å²) in [6.45, 7) is 8.19. The zero-order valence-corrected chi connectivity index (χ0v) is 20.7. The number of anilines is 1. The number of alkyl halides is 3. The lowest BCUT2D eigenvalue weighted by molar-refractivity contribution is -0.192. The number of aromatic amines is 1. The van der Waals surface area contributed by atoms with Crippen molar-refractivity contribution >= 4 is 49.7 Å². The number of rotatable bonds is 6. The quantitative estimate of drug-likeness (QED) is 0.362. The first-order valence-electron chi connectivity index (χ1n) is 11.3. The van der Waals surface area contributed by atoms with Crippen LogP contribution in [0.3, 0.4) is 0 Å².